The lowest BCUT2D eigenvalue weighted by atomic mass is 9.86. The van der Waals surface area contributed by atoms with Gasteiger partial charge in [0.05, 0.1) is 6.61 Å². The van der Waals surface area contributed by atoms with Gasteiger partial charge in [0.25, 0.3) is 0 Å². The summed E-state index contributed by atoms with van der Waals surface area (Å²) in [5.74, 6) is 0. The van der Waals surface area contributed by atoms with E-state index < -0.39 is 0 Å². The van der Waals surface area contributed by atoms with Crippen LogP contribution in [0, 0.1) is 5.41 Å². The Morgan fingerprint density at radius 3 is 2.56 bits per heavy atom. The van der Waals surface area contributed by atoms with Crippen molar-refractivity contribution in [3.63, 3.8) is 0 Å². The fraction of sp³-hybridized carbons (Fsp3) is 1.00. The lowest BCUT2D eigenvalue weighted by molar-refractivity contribution is 0.202. The Balaban J connectivity index is 1.71. The lowest BCUT2D eigenvalue weighted by Gasteiger charge is -2.25. The zero-order chi connectivity index (χ0) is 13.0. The molecular weight excluding hydrogens is 224 g/mol. The van der Waals surface area contributed by atoms with E-state index in [4.69, 9.17) is 0 Å². The van der Waals surface area contributed by atoms with E-state index in [-0.39, 0.29) is 12.6 Å². The van der Waals surface area contributed by atoms with Crippen molar-refractivity contribution in [3.8, 4) is 0 Å². The molecule has 0 aromatic carbocycles. The van der Waals surface area contributed by atoms with Crippen molar-refractivity contribution < 1.29 is 5.11 Å². The number of hydrogen-bond acceptors (Lipinski definition) is 3. The molecule has 1 unspecified atom stereocenters. The summed E-state index contributed by atoms with van der Waals surface area (Å²) in [6.07, 6.45) is 8.29. The van der Waals surface area contributed by atoms with Crippen LogP contribution in [0.1, 0.15) is 52.4 Å². The first-order valence-corrected chi connectivity index (χ1v) is 7.73. The fourth-order valence-electron chi connectivity index (χ4n) is 3.79. The Hall–Kier alpha value is -0.120. The molecule has 0 aromatic heterocycles. The van der Waals surface area contributed by atoms with Crippen molar-refractivity contribution >= 4 is 0 Å². The van der Waals surface area contributed by atoms with E-state index in [0.717, 1.165) is 13.0 Å². The highest BCUT2D eigenvalue weighted by Crippen LogP contribution is 2.45. The van der Waals surface area contributed by atoms with E-state index in [9.17, 15) is 5.11 Å². The summed E-state index contributed by atoms with van der Waals surface area (Å²) in [6.45, 7) is 8.29. The first-order chi connectivity index (χ1) is 8.63. The molecule has 3 nitrogen and oxygen atoms in total. The molecule has 0 amide bonds. The molecule has 0 radical (unpaired) electrons. The molecule has 106 valence electrons. The van der Waals surface area contributed by atoms with Crippen LogP contribution in [0.3, 0.4) is 0 Å². The second kappa shape index (κ2) is 6.36. The third-order valence-electron chi connectivity index (χ3n) is 4.76. The van der Waals surface area contributed by atoms with Gasteiger partial charge in [0.1, 0.15) is 0 Å². The highest BCUT2D eigenvalue weighted by Gasteiger charge is 2.39. The van der Waals surface area contributed by atoms with Gasteiger partial charge in [-0.25, -0.2) is 0 Å². The first-order valence-electron chi connectivity index (χ1n) is 7.73. The molecule has 1 aliphatic heterocycles. The standard InChI is InChI=1S/C15H30N2O/c1-13(2)16-14(11-18)5-9-17-10-8-15(12-17)6-3-4-7-15/h13-14,16,18H,3-12H2,1-2H3. The molecule has 2 rings (SSSR count). The second-order valence-corrected chi connectivity index (χ2v) is 6.72. The molecule has 0 bridgehead atoms. The molecule has 3 heteroatoms. The number of aliphatic hydroxyl groups is 1. The summed E-state index contributed by atoms with van der Waals surface area (Å²) in [6, 6.07) is 0.729. The lowest BCUT2D eigenvalue weighted by Crippen LogP contribution is -2.40. The average Bonchev–Trinajstić information content (AvgIpc) is 2.95. The fourth-order valence-corrected chi connectivity index (χ4v) is 3.79. The van der Waals surface area contributed by atoms with E-state index in [1.807, 2.05) is 0 Å². The Labute approximate surface area is 112 Å². The van der Waals surface area contributed by atoms with Crippen LogP contribution in [0.5, 0.6) is 0 Å². The van der Waals surface area contributed by atoms with E-state index in [2.05, 4.69) is 24.1 Å². The van der Waals surface area contributed by atoms with Crippen molar-refractivity contribution in [2.75, 3.05) is 26.2 Å². The van der Waals surface area contributed by atoms with Gasteiger partial charge in [-0.15, -0.1) is 0 Å². The molecule has 18 heavy (non-hydrogen) atoms. The predicted octanol–water partition coefficient (Wildman–Crippen LogP) is 2.00. The van der Waals surface area contributed by atoms with Crippen LogP contribution < -0.4 is 5.32 Å². The molecule has 1 heterocycles. The van der Waals surface area contributed by atoms with Crippen molar-refractivity contribution in [2.45, 2.75) is 64.5 Å². The van der Waals surface area contributed by atoms with Gasteiger partial charge in [0.15, 0.2) is 0 Å². The van der Waals surface area contributed by atoms with Gasteiger partial charge in [0.2, 0.25) is 0 Å². The van der Waals surface area contributed by atoms with Gasteiger partial charge in [-0.3, -0.25) is 0 Å². The summed E-state index contributed by atoms with van der Waals surface area (Å²) < 4.78 is 0. The quantitative estimate of drug-likeness (QED) is 0.761. The highest BCUT2D eigenvalue weighted by atomic mass is 16.3. The first kappa shape index (κ1) is 14.3. The minimum atomic E-state index is 0.261. The largest absolute Gasteiger partial charge is 0.395 e. The maximum atomic E-state index is 9.37. The Morgan fingerprint density at radius 2 is 1.94 bits per heavy atom. The van der Waals surface area contributed by atoms with E-state index in [1.165, 1.54) is 45.2 Å². The second-order valence-electron chi connectivity index (χ2n) is 6.72. The van der Waals surface area contributed by atoms with Crippen LogP contribution in [0.4, 0.5) is 0 Å². The Bertz CT molecular complexity index is 249. The van der Waals surface area contributed by atoms with Crippen molar-refractivity contribution in [3.05, 3.63) is 0 Å². The third kappa shape index (κ3) is 3.69. The monoisotopic (exact) mass is 254 g/mol. The SMILES string of the molecule is CC(C)NC(CO)CCN1CCC2(CCCC2)C1. The molecular formula is C15H30N2O. The number of aliphatic hydroxyl groups excluding tert-OH is 1. The minimum Gasteiger partial charge on any atom is -0.395 e. The number of rotatable bonds is 6. The van der Waals surface area contributed by atoms with Gasteiger partial charge in [-0.1, -0.05) is 26.7 Å². The topological polar surface area (TPSA) is 35.5 Å². The van der Waals surface area contributed by atoms with Crippen molar-refractivity contribution in [1.82, 2.24) is 10.2 Å². The van der Waals surface area contributed by atoms with Gasteiger partial charge in [-0.2, -0.15) is 0 Å². The highest BCUT2D eigenvalue weighted by molar-refractivity contribution is 4.93. The molecule has 1 saturated heterocycles. The van der Waals surface area contributed by atoms with Gasteiger partial charge in [0, 0.05) is 18.6 Å². The molecule has 0 aromatic rings. The van der Waals surface area contributed by atoms with Crippen molar-refractivity contribution in [2.24, 2.45) is 5.41 Å². The zero-order valence-electron chi connectivity index (χ0n) is 12.1. The predicted molar refractivity (Wildman–Crippen MR) is 75.7 cm³/mol. The van der Waals surface area contributed by atoms with Crippen molar-refractivity contribution in [1.29, 1.82) is 0 Å². The maximum absolute atomic E-state index is 9.37. The number of nitrogens with zero attached hydrogens (tertiary/aromatic N) is 1. The van der Waals surface area contributed by atoms with Crippen LogP contribution >= 0.6 is 0 Å². The van der Waals surface area contributed by atoms with Crippen LogP contribution in [-0.2, 0) is 0 Å². The zero-order valence-corrected chi connectivity index (χ0v) is 12.1. The van der Waals surface area contributed by atoms with Crippen LogP contribution in [0.25, 0.3) is 0 Å². The molecule has 1 aliphatic carbocycles. The summed E-state index contributed by atoms with van der Waals surface area (Å²) in [5, 5.41) is 12.8. The number of nitrogens with one attached hydrogen (secondary N) is 1. The summed E-state index contributed by atoms with van der Waals surface area (Å²) in [4.78, 5) is 2.62. The molecule has 2 aliphatic rings. The smallest absolute Gasteiger partial charge is 0.0585 e. The molecule has 1 atom stereocenters. The molecule has 1 spiro atoms. The molecule has 1 saturated carbocycles. The number of hydrogen-bond donors (Lipinski definition) is 2. The summed E-state index contributed by atoms with van der Waals surface area (Å²) in [7, 11) is 0. The van der Waals surface area contributed by atoms with Crippen LogP contribution in [-0.4, -0.2) is 48.3 Å². The van der Waals surface area contributed by atoms with E-state index >= 15 is 0 Å². The van der Waals surface area contributed by atoms with E-state index in [0.29, 0.717) is 11.5 Å². The third-order valence-corrected chi connectivity index (χ3v) is 4.76. The van der Waals surface area contributed by atoms with Gasteiger partial charge >= 0.3 is 0 Å². The Morgan fingerprint density at radius 1 is 1.22 bits per heavy atom. The van der Waals surface area contributed by atoms with Crippen LogP contribution in [0.15, 0.2) is 0 Å². The average molecular weight is 254 g/mol. The summed E-state index contributed by atoms with van der Waals surface area (Å²) >= 11 is 0. The Kier molecular flexibility index (Phi) is 5.05. The number of likely N-dealkylation sites (tertiary alicyclic amines) is 1. The van der Waals surface area contributed by atoms with E-state index in [1.54, 1.807) is 0 Å². The summed E-state index contributed by atoms with van der Waals surface area (Å²) in [5.41, 5.74) is 0.681. The molecule has 2 fully saturated rings. The normalized spacial score (nSPS) is 25.3. The maximum Gasteiger partial charge on any atom is 0.0585 e. The molecule has 2 N–H and O–H groups in total. The minimum absolute atomic E-state index is 0.261. The van der Waals surface area contributed by atoms with Gasteiger partial charge in [-0.05, 0) is 44.2 Å². The van der Waals surface area contributed by atoms with Crippen LogP contribution in [0.2, 0.25) is 0 Å². The van der Waals surface area contributed by atoms with Gasteiger partial charge < -0.3 is 15.3 Å².